The van der Waals surface area contributed by atoms with E-state index >= 15 is 0 Å². The zero-order valence-electron chi connectivity index (χ0n) is 25.8. The fourth-order valence-corrected chi connectivity index (χ4v) is 3.64. The lowest BCUT2D eigenvalue weighted by Crippen LogP contribution is -2.58. The fourth-order valence-electron chi connectivity index (χ4n) is 3.64. The Bertz CT molecular complexity index is 727. The van der Waals surface area contributed by atoms with Crippen LogP contribution in [-0.2, 0) is 38.2 Å². The molecule has 0 aliphatic carbocycles. The molecule has 0 saturated carbocycles. The van der Waals surface area contributed by atoms with Gasteiger partial charge < -0.3 is 57.5 Å². The van der Waals surface area contributed by atoms with E-state index in [4.69, 9.17) is 31.4 Å². The summed E-state index contributed by atoms with van der Waals surface area (Å²) in [6.45, 7) is 4.30. The Kier molecular flexibility index (Phi) is 25.2. The van der Waals surface area contributed by atoms with Gasteiger partial charge in [0.05, 0.1) is 39.6 Å². The van der Waals surface area contributed by atoms with Gasteiger partial charge in [-0.05, 0) is 52.2 Å². The van der Waals surface area contributed by atoms with Gasteiger partial charge in [0.25, 0.3) is 0 Å². The van der Waals surface area contributed by atoms with Gasteiger partial charge in [0.1, 0.15) is 11.3 Å². The minimum Gasteiger partial charge on any atom is -0.378 e. The van der Waals surface area contributed by atoms with Crippen LogP contribution in [0.25, 0.3) is 0 Å². The number of ether oxygens (including phenoxy) is 3. The summed E-state index contributed by atoms with van der Waals surface area (Å²) in [7, 11) is 0. The summed E-state index contributed by atoms with van der Waals surface area (Å²) in [5, 5.41) is 11.2. The molecule has 15 heteroatoms. The average molecular weight is 618 g/mol. The monoisotopic (exact) mass is 617 g/mol. The molecule has 0 heterocycles. The quantitative estimate of drug-likeness (QED) is 0.0463. The van der Waals surface area contributed by atoms with E-state index in [-0.39, 0.29) is 101 Å². The maximum absolute atomic E-state index is 12.9. The molecule has 0 spiro atoms. The highest BCUT2D eigenvalue weighted by atomic mass is 16.5. The van der Waals surface area contributed by atoms with Gasteiger partial charge in [0.15, 0.2) is 0 Å². The second-order valence-electron chi connectivity index (χ2n) is 10.3. The number of hydrogen-bond donors (Lipinski definition) is 7. The van der Waals surface area contributed by atoms with Crippen molar-refractivity contribution >= 4 is 29.4 Å². The Morgan fingerprint density at radius 3 is 1.23 bits per heavy atom. The van der Waals surface area contributed by atoms with Gasteiger partial charge in [-0.15, -0.1) is 0 Å². The van der Waals surface area contributed by atoms with Crippen LogP contribution in [0.1, 0.15) is 64.7 Å². The Balaban J connectivity index is 5.35. The topological polar surface area (TPSA) is 239 Å². The zero-order valence-corrected chi connectivity index (χ0v) is 25.8. The second kappa shape index (κ2) is 26.9. The van der Waals surface area contributed by atoms with E-state index in [1.165, 1.54) is 6.92 Å². The highest BCUT2D eigenvalue weighted by Gasteiger charge is 2.34. The van der Waals surface area contributed by atoms with Crippen molar-refractivity contribution in [1.29, 1.82) is 0 Å². The molecule has 0 aliphatic heterocycles. The van der Waals surface area contributed by atoms with Crippen LogP contribution in [0.3, 0.4) is 0 Å². The van der Waals surface area contributed by atoms with E-state index in [1.54, 1.807) is 0 Å². The maximum Gasteiger partial charge on any atom is 0.222 e. The van der Waals surface area contributed by atoms with Crippen LogP contribution >= 0.6 is 0 Å². The molecular weight excluding hydrogens is 562 g/mol. The first kappa shape index (κ1) is 40.3. The molecule has 0 aliphatic rings. The molecule has 43 heavy (non-hydrogen) atoms. The van der Waals surface area contributed by atoms with Crippen molar-refractivity contribution in [2.45, 2.75) is 70.3 Å². The smallest absolute Gasteiger partial charge is 0.222 e. The number of Topliss-reactive ketones (excluding diaryl/α,β-unsaturated/α-hetero) is 1. The normalized spacial score (nSPS) is 11.2. The first-order valence-corrected chi connectivity index (χ1v) is 15.1. The predicted octanol–water partition coefficient (Wildman–Crippen LogP) is -1.78. The summed E-state index contributed by atoms with van der Waals surface area (Å²) in [6.07, 6.45) is 3.01. The summed E-state index contributed by atoms with van der Waals surface area (Å²) in [5.74, 6) is -0.938. The second-order valence-corrected chi connectivity index (χ2v) is 10.3. The third-order valence-corrected chi connectivity index (χ3v) is 6.00. The number of nitrogens with two attached hydrogens (primary N) is 3. The Morgan fingerprint density at radius 2 is 0.907 bits per heavy atom. The average Bonchev–Trinajstić information content (AvgIpc) is 2.96. The molecule has 0 aromatic heterocycles. The van der Waals surface area contributed by atoms with Crippen LogP contribution in [0.2, 0.25) is 0 Å². The van der Waals surface area contributed by atoms with Gasteiger partial charge in [-0.3, -0.25) is 19.2 Å². The number of carbonyl (C=O) groups is 5. The predicted molar refractivity (Wildman–Crippen MR) is 162 cm³/mol. The SMILES string of the molecule is CC(=O)CCCC(=O)NC(COCCC(=O)NCCCN)(COCCC(=O)NCCCN)COCCC(=O)NCCCN. The minimum atomic E-state index is -1.19. The third kappa shape index (κ3) is 24.4. The molecule has 0 aromatic rings. The van der Waals surface area contributed by atoms with Gasteiger partial charge in [0, 0.05) is 51.7 Å². The number of amides is 4. The van der Waals surface area contributed by atoms with E-state index in [9.17, 15) is 24.0 Å². The highest BCUT2D eigenvalue weighted by Crippen LogP contribution is 2.12. The summed E-state index contributed by atoms with van der Waals surface area (Å²) in [6, 6.07) is 0. The molecule has 10 N–H and O–H groups in total. The fraction of sp³-hybridized carbons (Fsp3) is 0.821. The van der Waals surface area contributed by atoms with Crippen LogP contribution in [0.15, 0.2) is 0 Å². The summed E-state index contributed by atoms with van der Waals surface area (Å²) in [4.78, 5) is 60.4. The largest absolute Gasteiger partial charge is 0.378 e. The van der Waals surface area contributed by atoms with Crippen LogP contribution in [0.5, 0.6) is 0 Å². The molecule has 0 rings (SSSR count). The lowest BCUT2D eigenvalue weighted by molar-refractivity contribution is -0.131. The van der Waals surface area contributed by atoms with Crippen LogP contribution in [0.4, 0.5) is 0 Å². The Hall–Kier alpha value is -2.69. The molecule has 0 radical (unpaired) electrons. The van der Waals surface area contributed by atoms with Crippen molar-refractivity contribution in [3.63, 3.8) is 0 Å². The molecule has 4 amide bonds. The maximum atomic E-state index is 12.9. The van der Waals surface area contributed by atoms with E-state index in [1.807, 2.05) is 0 Å². The van der Waals surface area contributed by atoms with Crippen molar-refractivity contribution in [2.24, 2.45) is 17.2 Å². The van der Waals surface area contributed by atoms with E-state index < -0.39 is 5.54 Å². The summed E-state index contributed by atoms with van der Waals surface area (Å²) >= 11 is 0. The Morgan fingerprint density at radius 1 is 0.535 bits per heavy atom. The van der Waals surface area contributed by atoms with Gasteiger partial charge in [-0.1, -0.05) is 0 Å². The van der Waals surface area contributed by atoms with Crippen LogP contribution in [0, 0.1) is 0 Å². The molecule has 0 aromatic carbocycles. The first-order valence-electron chi connectivity index (χ1n) is 15.1. The molecule has 0 bridgehead atoms. The van der Waals surface area contributed by atoms with Crippen LogP contribution < -0.4 is 38.5 Å². The highest BCUT2D eigenvalue weighted by molar-refractivity contribution is 5.79. The molecule has 0 fully saturated rings. The van der Waals surface area contributed by atoms with Crippen molar-refractivity contribution in [3.05, 3.63) is 0 Å². The van der Waals surface area contributed by atoms with Crippen LogP contribution in [-0.4, -0.2) is 114 Å². The van der Waals surface area contributed by atoms with E-state index in [0.717, 1.165) is 0 Å². The molecule has 0 unspecified atom stereocenters. The van der Waals surface area contributed by atoms with Crippen molar-refractivity contribution in [3.8, 4) is 0 Å². The van der Waals surface area contributed by atoms with Crippen molar-refractivity contribution in [2.75, 3.05) is 78.9 Å². The number of rotatable bonds is 29. The minimum absolute atomic E-state index is 0.0201. The number of ketones is 1. The molecule has 250 valence electrons. The summed E-state index contributed by atoms with van der Waals surface area (Å²) < 4.78 is 17.4. The molecule has 15 nitrogen and oxygen atoms in total. The van der Waals surface area contributed by atoms with Gasteiger partial charge >= 0.3 is 0 Å². The van der Waals surface area contributed by atoms with E-state index in [0.29, 0.717) is 65.0 Å². The lowest BCUT2D eigenvalue weighted by atomic mass is 10.0. The van der Waals surface area contributed by atoms with Crippen molar-refractivity contribution in [1.82, 2.24) is 21.3 Å². The number of hydrogen-bond acceptors (Lipinski definition) is 11. The summed E-state index contributed by atoms with van der Waals surface area (Å²) in [5.41, 5.74) is 15.2. The molecule has 0 atom stereocenters. The first-order chi connectivity index (χ1) is 20.7. The van der Waals surface area contributed by atoms with Gasteiger partial charge in [0.2, 0.25) is 23.6 Å². The van der Waals surface area contributed by atoms with Crippen molar-refractivity contribution < 1.29 is 38.2 Å². The Labute approximate surface area is 255 Å². The molecule has 0 saturated heterocycles. The van der Waals surface area contributed by atoms with Gasteiger partial charge in [-0.25, -0.2) is 0 Å². The zero-order chi connectivity index (χ0) is 32.2. The lowest BCUT2D eigenvalue weighted by Gasteiger charge is -2.34. The van der Waals surface area contributed by atoms with E-state index in [2.05, 4.69) is 21.3 Å². The van der Waals surface area contributed by atoms with Gasteiger partial charge in [-0.2, -0.15) is 0 Å². The number of carbonyl (C=O) groups excluding carboxylic acids is 5. The number of nitrogens with one attached hydrogen (secondary N) is 4. The third-order valence-electron chi connectivity index (χ3n) is 6.00. The molecular formula is C28H55N7O8. The standard InChI is InChI=1S/C28H55N7O8/c1-23(36)6-2-7-27(40)35-28(20-41-17-8-24(37)32-14-3-11-29,21-42-18-9-25(38)33-15-4-12-30)22-43-19-10-26(39)34-16-5-13-31/h2-22,29-31H2,1H3,(H,32,37)(H,33,38)(H,34,39)(H,35,40).